The zero-order valence-electron chi connectivity index (χ0n) is 48.1. The highest BCUT2D eigenvalue weighted by Crippen LogP contribution is 2.53. The number of allylic oxidation sites excluding steroid dienone is 11. The molecule has 380 valence electrons. The van der Waals surface area contributed by atoms with Gasteiger partial charge in [-0.15, -0.1) is 0 Å². The molecule has 0 saturated heterocycles. The lowest BCUT2D eigenvalue weighted by Gasteiger charge is -2.44. The minimum atomic E-state index is -1.53. The van der Waals surface area contributed by atoms with Crippen molar-refractivity contribution in [3.63, 3.8) is 0 Å². The fraction of sp³-hybridized carbons (Fsp3) is 0.463. The predicted molar refractivity (Wildman–Crippen MR) is 320 cm³/mol. The fourth-order valence-electron chi connectivity index (χ4n) is 12.3. The second-order valence-electron chi connectivity index (χ2n) is 26.8. The van der Waals surface area contributed by atoms with Crippen LogP contribution in [0.2, 0.25) is 19.6 Å². The molecular formula is C67H89BN2OSi. The van der Waals surface area contributed by atoms with E-state index in [9.17, 15) is 0 Å². The third-order valence-corrected chi connectivity index (χ3v) is 19.7. The van der Waals surface area contributed by atoms with Crippen molar-refractivity contribution < 1.29 is 4.42 Å². The Hall–Kier alpha value is -5.00. The minimum Gasteiger partial charge on any atom is -0.468 e. The van der Waals surface area contributed by atoms with Gasteiger partial charge in [0.15, 0.2) is 0 Å². The summed E-state index contributed by atoms with van der Waals surface area (Å²) in [5.74, 6) is 0.437. The molecule has 8 rings (SSSR count). The first-order valence-electron chi connectivity index (χ1n) is 27.6. The van der Waals surface area contributed by atoms with Crippen molar-refractivity contribution in [1.29, 1.82) is 0 Å². The van der Waals surface area contributed by atoms with Gasteiger partial charge in [-0.05, 0) is 159 Å². The Labute approximate surface area is 438 Å². The zero-order chi connectivity index (χ0) is 52.7. The molecule has 1 aromatic heterocycles. The average Bonchev–Trinajstić information content (AvgIpc) is 3.69. The second kappa shape index (κ2) is 19.0. The SMILES string of the molecule is C=C/C=C1\C2=CN(c3cc4c(cc3-c3ccc([Si](C)(C)C)cc3)C(C)(C)CCC4(C)C)C(C)=C(/C=C(\CCC)C(C)CC)B2c2oc3cc4c(cc3c2N1/C=C/C=C(\C=C)C(C)(C)C)C(C)(C)CCC4(C)C. The first-order valence-corrected chi connectivity index (χ1v) is 31.1. The number of benzene rings is 3. The van der Waals surface area contributed by atoms with Crippen LogP contribution in [-0.4, -0.2) is 14.8 Å². The lowest BCUT2D eigenvalue weighted by molar-refractivity contribution is 0.332. The summed E-state index contributed by atoms with van der Waals surface area (Å²) in [7, 11) is -1.53. The van der Waals surface area contributed by atoms with Gasteiger partial charge in [0.1, 0.15) is 5.58 Å². The number of hydrogen-bond donors (Lipinski definition) is 0. The molecule has 0 radical (unpaired) electrons. The van der Waals surface area contributed by atoms with E-state index in [2.05, 4.69) is 232 Å². The molecule has 5 heteroatoms. The number of anilines is 2. The Morgan fingerprint density at radius 1 is 0.819 bits per heavy atom. The molecule has 0 N–H and O–H groups in total. The first-order chi connectivity index (χ1) is 33.6. The fourth-order valence-corrected chi connectivity index (χ4v) is 13.5. The maximum absolute atomic E-state index is 7.57. The van der Waals surface area contributed by atoms with Crippen molar-refractivity contribution in [2.75, 3.05) is 9.80 Å². The van der Waals surface area contributed by atoms with Crippen LogP contribution in [0.15, 0.2) is 148 Å². The number of furan rings is 1. The van der Waals surface area contributed by atoms with Crippen LogP contribution in [0.4, 0.5) is 11.4 Å². The second-order valence-corrected chi connectivity index (χ2v) is 31.8. The van der Waals surface area contributed by atoms with E-state index in [4.69, 9.17) is 4.42 Å². The van der Waals surface area contributed by atoms with E-state index < -0.39 is 8.07 Å². The van der Waals surface area contributed by atoms with E-state index in [1.165, 1.54) is 77.4 Å². The van der Waals surface area contributed by atoms with E-state index in [0.717, 1.165) is 67.6 Å². The Kier molecular flexibility index (Phi) is 14.1. The molecule has 0 fully saturated rings. The summed E-state index contributed by atoms with van der Waals surface area (Å²) in [6.45, 7) is 51.6. The Morgan fingerprint density at radius 3 is 1.92 bits per heavy atom. The molecule has 0 amide bonds. The van der Waals surface area contributed by atoms with Gasteiger partial charge in [0, 0.05) is 34.7 Å². The summed E-state index contributed by atoms with van der Waals surface area (Å²) in [5.41, 5.74) is 20.3. The van der Waals surface area contributed by atoms with E-state index in [1.54, 1.807) is 0 Å². The third-order valence-electron chi connectivity index (χ3n) is 17.7. The van der Waals surface area contributed by atoms with Crippen LogP contribution in [0.3, 0.4) is 0 Å². The molecule has 1 unspecified atom stereocenters. The van der Waals surface area contributed by atoms with E-state index in [1.807, 2.05) is 12.2 Å². The van der Waals surface area contributed by atoms with Crippen LogP contribution in [0, 0.1) is 11.3 Å². The smallest absolute Gasteiger partial charge is 0.296 e. The van der Waals surface area contributed by atoms with Gasteiger partial charge in [-0.1, -0.05) is 195 Å². The minimum absolute atomic E-state index is 0.0210. The van der Waals surface area contributed by atoms with Gasteiger partial charge >= 0.3 is 0 Å². The van der Waals surface area contributed by atoms with Crippen molar-refractivity contribution in [3.8, 4) is 11.1 Å². The molecule has 4 aromatic rings. The van der Waals surface area contributed by atoms with E-state index in [0.29, 0.717) is 5.92 Å². The Balaban J connectivity index is 1.51. The van der Waals surface area contributed by atoms with Crippen LogP contribution in [-0.2, 0) is 21.7 Å². The summed E-state index contributed by atoms with van der Waals surface area (Å²) < 4.78 is 7.57. The number of fused-ring (bicyclic) bond motifs is 7. The van der Waals surface area contributed by atoms with Gasteiger partial charge in [-0.3, -0.25) is 0 Å². The van der Waals surface area contributed by atoms with Crippen LogP contribution in [0.5, 0.6) is 0 Å². The van der Waals surface area contributed by atoms with Gasteiger partial charge in [0.05, 0.1) is 25.1 Å². The number of rotatable bonds is 12. The monoisotopic (exact) mass is 977 g/mol. The largest absolute Gasteiger partial charge is 0.468 e. The van der Waals surface area contributed by atoms with E-state index >= 15 is 0 Å². The standard InChI is InChI=1S/C67H89BN2OSi/c1-21-26-47(44(5)23-3)38-56-45(6)70(59-41-54-52(64(10,11)33-35-66(54,14)15)39-50(59)46-29-31-49(32-30-46)72(18,19)20)43-57-58(27-22-2)69(37-25-28-48(24-4)63(7,8)9)61-51-40-53-55(42-60(51)71-62(61)68(56)57)67(16,17)36-34-65(53,12)13/h22,24-25,27-32,37-44H,2,4,21,23,26,33-36H2,1,3,5-20H3/b37-25+,47-38+,48-28+,58-27+. The Bertz CT molecular complexity index is 2990. The molecule has 0 spiro atoms. The molecule has 0 saturated carbocycles. The van der Waals surface area contributed by atoms with Crippen LogP contribution in [0.25, 0.3) is 22.1 Å². The molecule has 3 nitrogen and oxygen atoms in total. The van der Waals surface area contributed by atoms with Crippen molar-refractivity contribution in [1.82, 2.24) is 0 Å². The number of nitrogens with zero attached hydrogens (tertiary/aromatic N) is 2. The average molecular weight is 977 g/mol. The highest BCUT2D eigenvalue weighted by molar-refractivity contribution is 6.89. The maximum Gasteiger partial charge on any atom is 0.296 e. The molecule has 3 aromatic carbocycles. The summed E-state index contributed by atoms with van der Waals surface area (Å²) >= 11 is 0. The lowest BCUT2D eigenvalue weighted by Crippen LogP contribution is -2.48. The summed E-state index contributed by atoms with van der Waals surface area (Å²) in [5, 5.41) is 2.65. The molecular weight excluding hydrogens is 888 g/mol. The summed E-state index contributed by atoms with van der Waals surface area (Å²) in [6, 6.07) is 19.7. The maximum atomic E-state index is 7.57. The first kappa shape index (κ1) is 53.3. The Morgan fingerprint density at radius 2 is 1.39 bits per heavy atom. The van der Waals surface area contributed by atoms with Gasteiger partial charge in [0.25, 0.3) is 6.71 Å². The molecule has 1 atom stereocenters. The summed E-state index contributed by atoms with van der Waals surface area (Å²) in [6.07, 6.45) is 25.9. The van der Waals surface area contributed by atoms with Crippen molar-refractivity contribution in [2.45, 2.75) is 190 Å². The lowest BCUT2D eigenvalue weighted by atomic mass is 9.34. The molecule has 2 aliphatic carbocycles. The van der Waals surface area contributed by atoms with Crippen LogP contribution in [0.1, 0.15) is 171 Å². The number of hydrogen-bond acceptors (Lipinski definition) is 3. The quantitative estimate of drug-likeness (QED) is 0.104. The molecule has 3 heterocycles. The molecule has 2 aliphatic heterocycles. The molecule has 72 heavy (non-hydrogen) atoms. The van der Waals surface area contributed by atoms with Crippen LogP contribution >= 0.6 is 0 Å². The zero-order valence-corrected chi connectivity index (χ0v) is 49.1. The summed E-state index contributed by atoms with van der Waals surface area (Å²) in [4.78, 5) is 5.00. The highest BCUT2D eigenvalue weighted by atomic mass is 28.3. The molecule has 4 aliphatic rings. The van der Waals surface area contributed by atoms with Gasteiger partial charge in [-0.2, -0.15) is 0 Å². The van der Waals surface area contributed by atoms with Gasteiger partial charge in [0.2, 0.25) is 0 Å². The highest BCUT2D eigenvalue weighted by Gasteiger charge is 2.47. The third kappa shape index (κ3) is 9.55. The van der Waals surface area contributed by atoms with Gasteiger partial charge < -0.3 is 14.2 Å². The molecule has 0 bridgehead atoms. The van der Waals surface area contributed by atoms with Crippen molar-refractivity contribution in [2.24, 2.45) is 11.3 Å². The van der Waals surface area contributed by atoms with Gasteiger partial charge in [-0.25, -0.2) is 0 Å². The van der Waals surface area contributed by atoms with Crippen molar-refractivity contribution in [3.05, 3.63) is 166 Å². The normalized spacial score (nSPS) is 20.6. The van der Waals surface area contributed by atoms with Crippen LogP contribution < -0.4 is 20.6 Å². The predicted octanol–water partition coefficient (Wildman–Crippen LogP) is 18.1. The van der Waals surface area contributed by atoms with Crippen molar-refractivity contribution >= 4 is 48.0 Å². The van der Waals surface area contributed by atoms with E-state index in [-0.39, 0.29) is 33.8 Å². The topological polar surface area (TPSA) is 19.6 Å².